The van der Waals surface area contributed by atoms with Crippen LogP contribution in [-0.4, -0.2) is 32.7 Å². The van der Waals surface area contributed by atoms with Gasteiger partial charge in [0, 0.05) is 6.54 Å². The maximum atomic E-state index is 11.5. The zero-order chi connectivity index (χ0) is 14.8. The van der Waals surface area contributed by atoms with Crippen LogP contribution in [0.4, 0.5) is 0 Å². The summed E-state index contributed by atoms with van der Waals surface area (Å²) in [4.78, 5) is 11.5. The monoisotopic (exact) mass is 278 g/mol. The molecule has 0 spiro atoms. The minimum Gasteiger partial charge on any atom is -0.493 e. The number of carbonyl (C=O) groups is 1. The van der Waals surface area contributed by atoms with Crippen molar-refractivity contribution in [2.45, 2.75) is 13.3 Å². The van der Waals surface area contributed by atoms with Crippen molar-refractivity contribution < 1.29 is 14.3 Å². The number of hydrogen-bond acceptors (Lipinski definition) is 4. The highest BCUT2D eigenvalue weighted by Gasteiger charge is 2.07. The molecule has 1 aromatic rings. The molecule has 0 bridgehead atoms. The van der Waals surface area contributed by atoms with Gasteiger partial charge in [0.1, 0.15) is 0 Å². The Hall–Kier alpha value is -2.01. The number of allylic oxidation sites excluding steroid dienone is 1. The second-order valence-electron chi connectivity index (χ2n) is 4.19. The predicted molar refractivity (Wildman–Crippen MR) is 79.9 cm³/mol. The summed E-state index contributed by atoms with van der Waals surface area (Å²) in [5.74, 6) is 0.989. The lowest BCUT2D eigenvalue weighted by Gasteiger charge is -2.11. The molecule has 20 heavy (non-hydrogen) atoms. The van der Waals surface area contributed by atoms with Crippen LogP contribution >= 0.6 is 0 Å². The second-order valence-corrected chi connectivity index (χ2v) is 4.19. The molecule has 5 nitrogen and oxygen atoms in total. The van der Waals surface area contributed by atoms with Crippen molar-refractivity contribution in [2.75, 3.05) is 26.8 Å². The van der Waals surface area contributed by atoms with Crippen molar-refractivity contribution in [3.05, 3.63) is 29.8 Å². The molecule has 0 radical (unpaired) electrons. The summed E-state index contributed by atoms with van der Waals surface area (Å²) >= 11 is 0. The molecule has 0 saturated carbocycles. The van der Waals surface area contributed by atoms with E-state index < -0.39 is 0 Å². The van der Waals surface area contributed by atoms with Gasteiger partial charge in [-0.15, -0.1) is 0 Å². The smallest absolute Gasteiger partial charge is 0.257 e. The van der Waals surface area contributed by atoms with Crippen LogP contribution in [0.5, 0.6) is 11.5 Å². The van der Waals surface area contributed by atoms with E-state index in [0.29, 0.717) is 24.6 Å². The first-order chi connectivity index (χ1) is 9.71. The van der Waals surface area contributed by atoms with Crippen molar-refractivity contribution in [3.63, 3.8) is 0 Å². The van der Waals surface area contributed by atoms with Gasteiger partial charge >= 0.3 is 0 Å². The van der Waals surface area contributed by atoms with E-state index in [-0.39, 0.29) is 12.5 Å². The minimum atomic E-state index is -0.168. The summed E-state index contributed by atoms with van der Waals surface area (Å²) in [6.45, 7) is 3.03. The minimum absolute atomic E-state index is 0.0378. The third-order valence-corrected chi connectivity index (χ3v) is 2.61. The van der Waals surface area contributed by atoms with Crippen LogP contribution in [0.2, 0.25) is 0 Å². The summed E-state index contributed by atoms with van der Waals surface area (Å²) in [5, 5.41) is 2.73. The Kier molecular flexibility index (Phi) is 7.21. The fourth-order valence-corrected chi connectivity index (χ4v) is 1.62. The highest BCUT2D eigenvalue weighted by molar-refractivity contribution is 5.77. The van der Waals surface area contributed by atoms with E-state index in [1.807, 2.05) is 31.2 Å². The molecule has 0 aliphatic rings. The number of carbonyl (C=O) groups excluding carboxylic acids is 1. The largest absolute Gasteiger partial charge is 0.493 e. The number of nitrogens with one attached hydrogen (secondary N) is 1. The molecule has 0 atom stereocenters. The quantitative estimate of drug-likeness (QED) is 0.708. The van der Waals surface area contributed by atoms with E-state index in [0.717, 1.165) is 12.0 Å². The normalized spacial score (nSPS) is 10.6. The van der Waals surface area contributed by atoms with Crippen LogP contribution in [0.3, 0.4) is 0 Å². The molecule has 3 N–H and O–H groups in total. The van der Waals surface area contributed by atoms with Crippen molar-refractivity contribution in [1.29, 1.82) is 0 Å². The van der Waals surface area contributed by atoms with Gasteiger partial charge in [-0.2, -0.15) is 0 Å². The summed E-state index contributed by atoms with van der Waals surface area (Å²) in [6, 6.07) is 5.56. The molecule has 0 aliphatic heterocycles. The Morgan fingerprint density at radius 1 is 1.40 bits per heavy atom. The SMILES string of the molecule is C/C=C/c1ccc(OCC(=O)NCCCN)c(OC)c1. The maximum Gasteiger partial charge on any atom is 0.257 e. The van der Waals surface area contributed by atoms with E-state index in [9.17, 15) is 4.79 Å². The number of ether oxygens (including phenoxy) is 2. The molecule has 0 fully saturated rings. The van der Waals surface area contributed by atoms with Gasteiger partial charge in [0.2, 0.25) is 0 Å². The standard InChI is InChI=1S/C15H22N2O3/c1-3-5-12-6-7-13(14(10-12)19-2)20-11-15(18)17-9-4-8-16/h3,5-7,10H,4,8-9,11,16H2,1-2H3,(H,17,18)/b5-3+. The Morgan fingerprint density at radius 3 is 2.85 bits per heavy atom. The molecule has 1 aromatic carbocycles. The Bertz CT molecular complexity index is 458. The van der Waals surface area contributed by atoms with Gasteiger partial charge in [-0.3, -0.25) is 4.79 Å². The number of rotatable bonds is 8. The highest BCUT2D eigenvalue weighted by Crippen LogP contribution is 2.28. The maximum absolute atomic E-state index is 11.5. The Balaban J connectivity index is 2.56. The van der Waals surface area contributed by atoms with Gasteiger partial charge in [0.05, 0.1) is 7.11 Å². The van der Waals surface area contributed by atoms with Crippen molar-refractivity contribution in [2.24, 2.45) is 5.73 Å². The van der Waals surface area contributed by atoms with Crippen molar-refractivity contribution in [1.82, 2.24) is 5.32 Å². The highest BCUT2D eigenvalue weighted by atomic mass is 16.5. The zero-order valence-corrected chi connectivity index (χ0v) is 12.0. The van der Waals surface area contributed by atoms with Gasteiger partial charge in [0.25, 0.3) is 5.91 Å². The third kappa shape index (κ3) is 5.32. The average molecular weight is 278 g/mol. The molecule has 0 aliphatic carbocycles. The lowest BCUT2D eigenvalue weighted by molar-refractivity contribution is -0.123. The molecule has 0 unspecified atom stereocenters. The molecule has 0 heterocycles. The van der Waals surface area contributed by atoms with Gasteiger partial charge < -0.3 is 20.5 Å². The summed E-state index contributed by atoms with van der Waals surface area (Å²) in [7, 11) is 1.57. The molecule has 1 rings (SSSR count). The van der Waals surface area contributed by atoms with E-state index >= 15 is 0 Å². The molecule has 0 aromatic heterocycles. The second kappa shape index (κ2) is 8.98. The fraction of sp³-hybridized carbons (Fsp3) is 0.400. The predicted octanol–water partition coefficient (Wildman–Crippen LogP) is 1.57. The van der Waals surface area contributed by atoms with E-state index in [4.69, 9.17) is 15.2 Å². The van der Waals surface area contributed by atoms with Gasteiger partial charge in [0.15, 0.2) is 18.1 Å². The first-order valence-corrected chi connectivity index (χ1v) is 6.61. The summed E-state index contributed by atoms with van der Waals surface area (Å²) in [5.41, 5.74) is 6.37. The molecule has 110 valence electrons. The van der Waals surface area contributed by atoms with Crippen LogP contribution in [0.25, 0.3) is 6.08 Å². The van der Waals surface area contributed by atoms with Crippen LogP contribution in [-0.2, 0) is 4.79 Å². The van der Waals surface area contributed by atoms with E-state index in [1.165, 1.54) is 0 Å². The fourth-order valence-electron chi connectivity index (χ4n) is 1.62. The lowest BCUT2D eigenvalue weighted by atomic mass is 10.2. The van der Waals surface area contributed by atoms with Crippen molar-refractivity contribution in [3.8, 4) is 11.5 Å². The molecular weight excluding hydrogens is 256 g/mol. The van der Waals surface area contributed by atoms with Gasteiger partial charge in [-0.1, -0.05) is 18.2 Å². The first kappa shape index (κ1) is 16.0. The number of benzene rings is 1. The van der Waals surface area contributed by atoms with Gasteiger partial charge in [-0.05, 0) is 37.6 Å². The average Bonchev–Trinajstić information content (AvgIpc) is 2.46. The van der Waals surface area contributed by atoms with Crippen LogP contribution in [0, 0.1) is 0 Å². The van der Waals surface area contributed by atoms with E-state index in [2.05, 4.69) is 5.32 Å². The topological polar surface area (TPSA) is 73.6 Å². The summed E-state index contributed by atoms with van der Waals surface area (Å²) in [6.07, 6.45) is 4.67. The summed E-state index contributed by atoms with van der Waals surface area (Å²) < 4.78 is 10.7. The van der Waals surface area contributed by atoms with Crippen LogP contribution in [0.1, 0.15) is 18.9 Å². The molecule has 5 heteroatoms. The molecule has 0 saturated heterocycles. The van der Waals surface area contributed by atoms with E-state index in [1.54, 1.807) is 13.2 Å². The van der Waals surface area contributed by atoms with Crippen LogP contribution in [0.15, 0.2) is 24.3 Å². The van der Waals surface area contributed by atoms with Crippen molar-refractivity contribution >= 4 is 12.0 Å². The number of hydrogen-bond donors (Lipinski definition) is 2. The van der Waals surface area contributed by atoms with Crippen LogP contribution < -0.4 is 20.5 Å². The molecular formula is C15H22N2O3. The Labute approximate surface area is 119 Å². The number of amides is 1. The van der Waals surface area contributed by atoms with Gasteiger partial charge in [-0.25, -0.2) is 0 Å². The lowest BCUT2D eigenvalue weighted by Crippen LogP contribution is -2.30. The zero-order valence-electron chi connectivity index (χ0n) is 12.0. The number of methoxy groups -OCH3 is 1. The Morgan fingerprint density at radius 2 is 2.20 bits per heavy atom. The molecule has 1 amide bonds. The number of nitrogens with two attached hydrogens (primary N) is 1. The first-order valence-electron chi connectivity index (χ1n) is 6.61. The third-order valence-electron chi connectivity index (χ3n) is 2.61.